The van der Waals surface area contributed by atoms with Gasteiger partial charge >= 0.3 is 0 Å². The number of anilines is 1. The van der Waals surface area contributed by atoms with Crippen molar-refractivity contribution in [1.82, 2.24) is 4.90 Å². The Kier molecular flexibility index (Phi) is 4.07. The molecule has 2 rings (SSSR count). The van der Waals surface area contributed by atoms with Crippen LogP contribution < -0.4 is 5.32 Å². The predicted octanol–water partition coefficient (Wildman–Crippen LogP) is 2.90. The van der Waals surface area contributed by atoms with E-state index in [2.05, 4.69) is 5.32 Å². The lowest BCUT2D eigenvalue weighted by molar-refractivity contribution is -0.129. The highest BCUT2D eigenvalue weighted by atomic mass is 35.5. The first-order valence-electron chi connectivity index (χ1n) is 6.03. The Hall–Kier alpha value is -1.29. The van der Waals surface area contributed by atoms with Gasteiger partial charge in [-0.3, -0.25) is 4.79 Å². The number of nitrogens with zero attached hydrogens (tertiary/aromatic N) is 1. The molecule has 1 heterocycles. The van der Waals surface area contributed by atoms with Crippen molar-refractivity contribution in [2.75, 3.05) is 18.4 Å². The summed E-state index contributed by atoms with van der Waals surface area (Å²) in [5.41, 5.74) is 0.734. The SMILES string of the molecule is CC(=O)N1CCC(Nc2ccc(Cl)c(F)c2)CC1. The molecule has 1 aliphatic heterocycles. The van der Waals surface area contributed by atoms with Gasteiger partial charge in [-0.25, -0.2) is 4.39 Å². The van der Waals surface area contributed by atoms with Crippen LogP contribution in [0.5, 0.6) is 0 Å². The number of hydrogen-bond acceptors (Lipinski definition) is 2. The second kappa shape index (κ2) is 5.57. The number of nitrogens with one attached hydrogen (secondary N) is 1. The number of rotatable bonds is 2. The highest BCUT2D eigenvalue weighted by molar-refractivity contribution is 6.30. The molecule has 98 valence electrons. The fourth-order valence-corrected chi connectivity index (χ4v) is 2.28. The van der Waals surface area contributed by atoms with E-state index in [0.717, 1.165) is 31.6 Å². The van der Waals surface area contributed by atoms with Gasteiger partial charge in [0.05, 0.1) is 5.02 Å². The number of amides is 1. The third-order valence-electron chi connectivity index (χ3n) is 3.23. The zero-order valence-electron chi connectivity index (χ0n) is 10.2. The number of halogens is 2. The molecule has 5 heteroatoms. The van der Waals surface area contributed by atoms with Crippen LogP contribution in [0.1, 0.15) is 19.8 Å². The average Bonchev–Trinajstić information content (AvgIpc) is 2.34. The Balaban J connectivity index is 1.91. The minimum atomic E-state index is -0.414. The molecule has 3 nitrogen and oxygen atoms in total. The third-order valence-corrected chi connectivity index (χ3v) is 3.54. The third kappa shape index (κ3) is 3.13. The molecule has 1 amide bonds. The van der Waals surface area contributed by atoms with E-state index in [1.165, 1.54) is 6.07 Å². The molecular weight excluding hydrogens is 255 g/mol. The van der Waals surface area contributed by atoms with Crippen LogP contribution >= 0.6 is 11.6 Å². The van der Waals surface area contributed by atoms with Gasteiger partial charge in [-0.1, -0.05) is 11.6 Å². The second-order valence-corrected chi connectivity index (χ2v) is 4.96. The second-order valence-electron chi connectivity index (χ2n) is 4.55. The molecule has 0 aromatic heterocycles. The largest absolute Gasteiger partial charge is 0.382 e. The summed E-state index contributed by atoms with van der Waals surface area (Å²) in [6, 6.07) is 4.99. The summed E-state index contributed by atoms with van der Waals surface area (Å²) in [4.78, 5) is 13.0. The van der Waals surface area contributed by atoms with Gasteiger partial charge in [0.1, 0.15) is 5.82 Å². The Morgan fingerprint density at radius 3 is 2.67 bits per heavy atom. The molecule has 0 atom stereocenters. The summed E-state index contributed by atoms with van der Waals surface area (Å²) in [7, 11) is 0. The number of carbonyl (C=O) groups is 1. The molecule has 0 radical (unpaired) electrons. The van der Waals surface area contributed by atoms with E-state index in [1.54, 1.807) is 19.1 Å². The van der Waals surface area contributed by atoms with Gasteiger partial charge in [0.15, 0.2) is 0 Å². The Morgan fingerprint density at radius 1 is 1.44 bits per heavy atom. The van der Waals surface area contributed by atoms with Gasteiger partial charge < -0.3 is 10.2 Å². The summed E-state index contributed by atoms with van der Waals surface area (Å²) in [5, 5.41) is 3.40. The molecule has 1 N–H and O–H groups in total. The van der Waals surface area contributed by atoms with Crippen LogP contribution in [0.4, 0.5) is 10.1 Å². The van der Waals surface area contributed by atoms with Gasteiger partial charge in [-0.2, -0.15) is 0 Å². The van der Waals surface area contributed by atoms with Crippen molar-refractivity contribution >= 4 is 23.2 Å². The normalized spacial score (nSPS) is 16.7. The van der Waals surface area contributed by atoms with Crippen molar-refractivity contribution in [3.63, 3.8) is 0 Å². The van der Waals surface area contributed by atoms with Crippen molar-refractivity contribution in [3.05, 3.63) is 29.0 Å². The first-order chi connectivity index (χ1) is 8.56. The monoisotopic (exact) mass is 270 g/mol. The van der Waals surface area contributed by atoms with Crippen molar-refractivity contribution in [2.45, 2.75) is 25.8 Å². The Labute approximate surface area is 111 Å². The van der Waals surface area contributed by atoms with E-state index in [0.29, 0.717) is 0 Å². The van der Waals surface area contributed by atoms with Crippen LogP contribution in [0.25, 0.3) is 0 Å². The van der Waals surface area contributed by atoms with Gasteiger partial charge in [-0.15, -0.1) is 0 Å². The lowest BCUT2D eigenvalue weighted by atomic mass is 10.0. The van der Waals surface area contributed by atoms with E-state index in [-0.39, 0.29) is 17.0 Å². The molecule has 18 heavy (non-hydrogen) atoms. The molecule has 1 aliphatic rings. The molecule has 1 aromatic rings. The minimum Gasteiger partial charge on any atom is -0.382 e. The maximum atomic E-state index is 13.3. The number of likely N-dealkylation sites (tertiary alicyclic amines) is 1. The summed E-state index contributed by atoms with van der Waals surface area (Å²) in [6.45, 7) is 3.09. The molecule has 0 bridgehead atoms. The molecule has 0 spiro atoms. The summed E-state index contributed by atoms with van der Waals surface area (Å²) in [6.07, 6.45) is 1.76. The van der Waals surface area contributed by atoms with Crippen LogP contribution in [-0.4, -0.2) is 29.9 Å². The lowest BCUT2D eigenvalue weighted by Crippen LogP contribution is -2.41. The van der Waals surface area contributed by atoms with Gasteiger partial charge in [0.2, 0.25) is 5.91 Å². The lowest BCUT2D eigenvalue weighted by Gasteiger charge is -2.32. The number of carbonyl (C=O) groups excluding carboxylic acids is 1. The minimum absolute atomic E-state index is 0.117. The van der Waals surface area contributed by atoms with E-state index < -0.39 is 5.82 Å². The molecule has 0 saturated carbocycles. The molecule has 1 saturated heterocycles. The van der Waals surface area contributed by atoms with Crippen LogP contribution in [-0.2, 0) is 4.79 Å². The first-order valence-corrected chi connectivity index (χ1v) is 6.41. The zero-order valence-corrected chi connectivity index (χ0v) is 11.0. The van der Waals surface area contributed by atoms with Crippen LogP contribution in [0.2, 0.25) is 5.02 Å². The smallest absolute Gasteiger partial charge is 0.219 e. The Morgan fingerprint density at radius 2 is 2.11 bits per heavy atom. The highest BCUT2D eigenvalue weighted by Crippen LogP contribution is 2.21. The summed E-state index contributed by atoms with van der Waals surface area (Å²) >= 11 is 5.63. The van der Waals surface area contributed by atoms with Crippen LogP contribution in [0.15, 0.2) is 18.2 Å². The molecule has 1 aromatic carbocycles. The molecular formula is C13H16ClFN2O. The number of piperidine rings is 1. The average molecular weight is 271 g/mol. The first kappa shape index (κ1) is 13.1. The predicted molar refractivity (Wildman–Crippen MR) is 70.3 cm³/mol. The van der Waals surface area contributed by atoms with Gasteiger partial charge in [-0.05, 0) is 31.0 Å². The van der Waals surface area contributed by atoms with Crippen LogP contribution in [0, 0.1) is 5.82 Å². The van der Waals surface area contributed by atoms with E-state index >= 15 is 0 Å². The highest BCUT2D eigenvalue weighted by Gasteiger charge is 2.20. The van der Waals surface area contributed by atoms with Gasteiger partial charge in [0, 0.05) is 31.7 Å². The standard InChI is InChI=1S/C13H16ClFN2O/c1-9(18)17-6-4-10(5-7-17)16-11-2-3-12(14)13(15)8-11/h2-3,8,10,16H,4-7H2,1H3. The van der Waals surface area contributed by atoms with Gasteiger partial charge in [0.25, 0.3) is 0 Å². The van der Waals surface area contributed by atoms with Crippen molar-refractivity contribution in [2.24, 2.45) is 0 Å². The van der Waals surface area contributed by atoms with Crippen LogP contribution in [0.3, 0.4) is 0 Å². The summed E-state index contributed by atoms with van der Waals surface area (Å²) in [5.74, 6) is -0.297. The van der Waals surface area contributed by atoms with Crippen molar-refractivity contribution in [1.29, 1.82) is 0 Å². The summed E-state index contributed by atoms with van der Waals surface area (Å²) < 4.78 is 13.3. The van der Waals surface area contributed by atoms with E-state index in [9.17, 15) is 9.18 Å². The zero-order chi connectivity index (χ0) is 13.1. The Bertz CT molecular complexity index is 445. The maximum absolute atomic E-state index is 13.3. The maximum Gasteiger partial charge on any atom is 0.219 e. The van der Waals surface area contributed by atoms with E-state index in [1.807, 2.05) is 4.90 Å². The fourth-order valence-electron chi connectivity index (χ4n) is 2.16. The van der Waals surface area contributed by atoms with Crippen molar-refractivity contribution in [3.8, 4) is 0 Å². The topological polar surface area (TPSA) is 32.3 Å². The quantitative estimate of drug-likeness (QED) is 0.896. The van der Waals surface area contributed by atoms with E-state index in [4.69, 9.17) is 11.6 Å². The fraction of sp³-hybridized carbons (Fsp3) is 0.462. The number of benzene rings is 1. The molecule has 1 fully saturated rings. The number of hydrogen-bond donors (Lipinski definition) is 1. The molecule has 0 aliphatic carbocycles. The molecule has 0 unspecified atom stereocenters. The van der Waals surface area contributed by atoms with Crippen molar-refractivity contribution < 1.29 is 9.18 Å².